The highest BCUT2D eigenvalue weighted by Gasteiger charge is 2.26. The molecule has 5 heteroatoms. The zero-order valence-electron chi connectivity index (χ0n) is 11.9. The van der Waals surface area contributed by atoms with Crippen molar-refractivity contribution in [2.24, 2.45) is 5.92 Å². The van der Waals surface area contributed by atoms with Crippen molar-refractivity contribution in [1.29, 1.82) is 0 Å². The van der Waals surface area contributed by atoms with Crippen molar-refractivity contribution in [3.63, 3.8) is 0 Å². The highest BCUT2D eigenvalue weighted by atomic mass is 19.2. The first-order valence-electron chi connectivity index (χ1n) is 7.08. The van der Waals surface area contributed by atoms with Crippen molar-refractivity contribution in [3.05, 3.63) is 35.1 Å². The summed E-state index contributed by atoms with van der Waals surface area (Å²) in [6, 6.07) is 1.46. The first-order chi connectivity index (χ1) is 9.49. The average molecular weight is 286 g/mol. The van der Waals surface area contributed by atoms with Gasteiger partial charge < -0.3 is 5.32 Å². The Bertz CT molecular complexity index is 457. The van der Waals surface area contributed by atoms with Gasteiger partial charge in [0.05, 0.1) is 0 Å². The smallest absolute Gasteiger partial charge is 0.161 e. The number of nitrogens with one attached hydrogen (secondary N) is 1. The van der Waals surface area contributed by atoms with Crippen molar-refractivity contribution < 1.29 is 13.2 Å². The molecule has 0 amide bonds. The molecule has 0 saturated carbocycles. The quantitative estimate of drug-likeness (QED) is 0.856. The molecule has 0 aliphatic carbocycles. The second-order valence-corrected chi connectivity index (χ2v) is 5.72. The Kier molecular flexibility index (Phi) is 5.05. The monoisotopic (exact) mass is 286 g/mol. The predicted molar refractivity (Wildman–Crippen MR) is 73.0 cm³/mol. The Morgan fingerprint density at radius 3 is 2.25 bits per heavy atom. The van der Waals surface area contributed by atoms with Crippen LogP contribution in [0.15, 0.2) is 12.1 Å². The Labute approximate surface area is 118 Å². The molecule has 1 N–H and O–H groups in total. The van der Waals surface area contributed by atoms with E-state index in [9.17, 15) is 13.2 Å². The lowest BCUT2D eigenvalue weighted by Crippen LogP contribution is -2.45. The van der Waals surface area contributed by atoms with Gasteiger partial charge in [-0.1, -0.05) is 13.8 Å². The predicted octanol–water partition coefficient (Wildman–Crippen LogP) is 3.10. The summed E-state index contributed by atoms with van der Waals surface area (Å²) in [7, 11) is 0. The van der Waals surface area contributed by atoms with Crippen molar-refractivity contribution in [2.45, 2.75) is 26.3 Å². The Morgan fingerprint density at radius 1 is 1.05 bits per heavy atom. The molecule has 20 heavy (non-hydrogen) atoms. The third-order valence-electron chi connectivity index (χ3n) is 3.69. The van der Waals surface area contributed by atoms with E-state index in [-0.39, 0.29) is 11.6 Å². The maximum absolute atomic E-state index is 14.0. The Balaban J connectivity index is 2.32. The largest absolute Gasteiger partial charge is 0.314 e. The fourth-order valence-corrected chi connectivity index (χ4v) is 2.71. The average Bonchev–Trinajstić information content (AvgIpc) is 2.41. The normalized spacial score (nSPS) is 18.5. The van der Waals surface area contributed by atoms with Gasteiger partial charge in [0, 0.05) is 43.9 Å². The highest BCUT2D eigenvalue weighted by molar-refractivity contribution is 5.24. The van der Waals surface area contributed by atoms with Gasteiger partial charge in [0.25, 0.3) is 0 Å². The van der Waals surface area contributed by atoms with E-state index in [0.29, 0.717) is 12.0 Å². The summed E-state index contributed by atoms with van der Waals surface area (Å²) in [4.78, 5) is 2.15. The number of piperazine rings is 1. The fourth-order valence-electron chi connectivity index (χ4n) is 2.71. The van der Waals surface area contributed by atoms with Crippen LogP contribution in [-0.2, 0) is 0 Å². The number of nitrogens with zero attached hydrogens (tertiary/aromatic N) is 1. The summed E-state index contributed by atoms with van der Waals surface area (Å²) < 4.78 is 40.6. The molecule has 2 nitrogen and oxygen atoms in total. The van der Waals surface area contributed by atoms with Crippen molar-refractivity contribution in [2.75, 3.05) is 26.2 Å². The molecule has 0 aromatic heterocycles. The molecule has 0 bridgehead atoms. The van der Waals surface area contributed by atoms with Crippen LogP contribution in [0.4, 0.5) is 13.2 Å². The fraction of sp³-hybridized carbons (Fsp3) is 0.600. The first-order valence-corrected chi connectivity index (χ1v) is 7.08. The third-order valence-corrected chi connectivity index (χ3v) is 3.69. The molecular weight excluding hydrogens is 265 g/mol. The maximum atomic E-state index is 14.0. The lowest BCUT2D eigenvalue weighted by Gasteiger charge is -2.36. The summed E-state index contributed by atoms with van der Waals surface area (Å²) in [6.45, 7) is 7.34. The van der Waals surface area contributed by atoms with E-state index < -0.39 is 17.5 Å². The standard InChI is InChI=1S/C15H21F3N2/c1-10(2)7-15(20-5-3-19-4-6-20)11-8-13(17)14(18)9-12(11)16/h8-10,15,19H,3-7H2,1-2H3/t15-/m0/s1. The molecule has 1 saturated heterocycles. The van der Waals surface area contributed by atoms with Crippen molar-refractivity contribution in [1.82, 2.24) is 10.2 Å². The molecule has 0 radical (unpaired) electrons. The van der Waals surface area contributed by atoms with E-state index in [1.54, 1.807) is 0 Å². The second kappa shape index (κ2) is 6.59. The van der Waals surface area contributed by atoms with Crippen LogP contribution in [0, 0.1) is 23.4 Å². The zero-order valence-corrected chi connectivity index (χ0v) is 11.9. The van der Waals surface area contributed by atoms with E-state index in [2.05, 4.69) is 10.2 Å². The number of hydrogen-bond acceptors (Lipinski definition) is 2. The van der Waals surface area contributed by atoms with Gasteiger partial charge in [-0.05, 0) is 18.4 Å². The Morgan fingerprint density at radius 2 is 1.65 bits per heavy atom. The summed E-state index contributed by atoms with van der Waals surface area (Å²) in [5, 5.41) is 3.24. The van der Waals surface area contributed by atoms with Gasteiger partial charge >= 0.3 is 0 Å². The molecule has 0 spiro atoms. The number of rotatable bonds is 4. The van der Waals surface area contributed by atoms with Crippen LogP contribution in [0.1, 0.15) is 31.9 Å². The molecule has 1 aromatic rings. The highest BCUT2D eigenvalue weighted by Crippen LogP contribution is 2.31. The zero-order chi connectivity index (χ0) is 14.7. The molecule has 0 unspecified atom stereocenters. The molecule has 112 valence electrons. The van der Waals surface area contributed by atoms with Crippen LogP contribution in [-0.4, -0.2) is 31.1 Å². The molecular formula is C15H21F3N2. The number of hydrogen-bond donors (Lipinski definition) is 1. The van der Waals surface area contributed by atoms with Gasteiger partial charge in [0.1, 0.15) is 5.82 Å². The Hall–Kier alpha value is -1.07. The molecule has 2 rings (SSSR count). The maximum Gasteiger partial charge on any atom is 0.161 e. The minimum absolute atomic E-state index is 0.202. The molecule has 1 aliphatic rings. The number of benzene rings is 1. The summed E-state index contributed by atoms with van der Waals surface area (Å²) in [5.41, 5.74) is 0.263. The van der Waals surface area contributed by atoms with E-state index in [4.69, 9.17) is 0 Å². The number of halogens is 3. The van der Waals surface area contributed by atoms with Gasteiger partial charge in [0.15, 0.2) is 11.6 Å². The van der Waals surface area contributed by atoms with Crippen molar-refractivity contribution >= 4 is 0 Å². The molecule has 1 atom stereocenters. The van der Waals surface area contributed by atoms with Crippen molar-refractivity contribution in [3.8, 4) is 0 Å². The van der Waals surface area contributed by atoms with Crippen LogP contribution >= 0.6 is 0 Å². The van der Waals surface area contributed by atoms with Gasteiger partial charge in [-0.2, -0.15) is 0 Å². The summed E-state index contributed by atoms with van der Waals surface area (Å²) >= 11 is 0. The van der Waals surface area contributed by atoms with Gasteiger partial charge in [0.2, 0.25) is 0 Å². The van der Waals surface area contributed by atoms with Crippen LogP contribution < -0.4 is 5.32 Å². The van der Waals surface area contributed by atoms with Gasteiger partial charge in [-0.3, -0.25) is 4.90 Å². The minimum atomic E-state index is -1.13. The van der Waals surface area contributed by atoms with Gasteiger partial charge in [-0.25, -0.2) is 13.2 Å². The van der Waals surface area contributed by atoms with Crippen LogP contribution in [0.3, 0.4) is 0 Å². The van der Waals surface area contributed by atoms with Crippen LogP contribution in [0.25, 0.3) is 0 Å². The van der Waals surface area contributed by atoms with E-state index in [0.717, 1.165) is 38.7 Å². The first kappa shape index (κ1) is 15.3. The SMILES string of the molecule is CC(C)C[C@@H](c1cc(F)c(F)cc1F)N1CCNCC1. The van der Waals surface area contributed by atoms with Gasteiger partial charge in [-0.15, -0.1) is 0 Å². The lowest BCUT2D eigenvalue weighted by atomic mass is 9.94. The molecule has 1 heterocycles. The van der Waals surface area contributed by atoms with Crippen LogP contribution in [0.5, 0.6) is 0 Å². The van der Waals surface area contributed by atoms with Crippen LogP contribution in [0.2, 0.25) is 0 Å². The lowest BCUT2D eigenvalue weighted by molar-refractivity contribution is 0.150. The molecule has 1 aromatic carbocycles. The van der Waals surface area contributed by atoms with E-state index in [1.807, 2.05) is 13.8 Å². The van der Waals surface area contributed by atoms with E-state index in [1.165, 1.54) is 0 Å². The second-order valence-electron chi connectivity index (χ2n) is 5.72. The minimum Gasteiger partial charge on any atom is -0.314 e. The van der Waals surface area contributed by atoms with E-state index >= 15 is 0 Å². The topological polar surface area (TPSA) is 15.3 Å². The third kappa shape index (κ3) is 3.52. The summed E-state index contributed by atoms with van der Waals surface area (Å²) in [5.74, 6) is -2.42. The molecule has 1 aliphatic heterocycles. The molecule has 1 fully saturated rings. The summed E-state index contributed by atoms with van der Waals surface area (Å²) in [6.07, 6.45) is 0.724.